The van der Waals surface area contributed by atoms with Gasteiger partial charge in [0.15, 0.2) is 0 Å². The summed E-state index contributed by atoms with van der Waals surface area (Å²) in [5.41, 5.74) is 2.26. The quantitative estimate of drug-likeness (QED) is 0.727. The molecular formula is C15H17BrClNS. The van der Waals surface area contributed by atoms with Crippen LogP contribution in [0.2, 0.25) is 5.02 Å². The zero-order valence-electron chi connectivity index (χ0n) is 11.3. The number of halogens is 2. The third-order valence-electron chi connectivity index (χ3n) is 3.08. The number of aryl methyl sites for hydroxylation is 1. The number of benzene rings is 1. The summed E-state index contributed by atoms with van der Waals surface area (Å²) in [6.07, 6.45) is 0. The number of hydrogen-bond donors (Lipinski definition) is 1. The minimum Gasteiger partial charge on any atom is -0.310 e. The maximum atomic E-state index is 6.23. The molecular weight excluding hydrogens is 342 g/mol. The second kappa shape index (κ2) is 6.40. The molecule has 0 aliphatic heterocycles. The summed E-state index contributed by atoms with van der Waals surface area (Å²) in [5, 5.41) is 4.25. The SMILES string of the molecule is CCNC(C)c1ccc(-c2cc(Cl)c(C)cc2Br)s1. The first-order valence-corrected chi connectivity index (χ1v) is 8.30. The predicted molar refractivity (Wildman–Crippen MR) is 89.3 cm³/mol. The van der Waals surface area contributed by atoms with E-state index in [1.54, 1.807) is 0 Å². The van der Waals surface area contributed by atoms with Gasteiger partial charge in [0.25, 0.3) is 0 Å². The highest BCUT2D eigenvalue weighted by atomic mass is 79.9. The van der Waals surface area contributed by atoms with Crippen molar-refractivity contribution in [1.29, 1.82) is 0 Å². The van der Waals surface area contributed by atoms with Crippen LogP contribution in [0, 0.1) is 6.92 Å². The largest absolute Gasteiger partial charge is 0.310 e. The highest BCUT2D eigenvalue weighted by Crippen LogP contribution is 2.38. The summed E-state index contributed by atoms with van der Waals surface area (Å²) >= 11 is 11.7. The highest BCUT2D eigenvalue weighted by molar-refractivity contribution is 9.10. The Morgan fingerprint density at radius 2 is 2.11 bits per heavy atom. The fraction of sp³-hybridized carbons (Fsp3) is 0.333. The van der Waals surface area contributed by atoms with Crippen LogP contribution < -0.4 is 5.32 Å². The summed E-state index contributed by atoms with van der Waals surface area (Å²) in [4.78, 5) is 2.59. The van der Waals surface area contributed by atoms with Crippen molar-refractivity contribution in [2.24, 2.45) is 0 Å². The number of hydrogen-bond acceptors (Lipinski definition) is 2. The van der Waals surface area contributed by atoms with E-state index in [-0.39, 0.29) is 0 Å². The summed E-state index contributed by atoms with van der Waals surface area (Å²) in [7, 11) is 0. The third-order valence-corrected chi connectivity index (χ3v) is 5.44. The van der Waals surface area contributed by atoms with Crippen molar-refractivity contribution >= 4 is 38.9 Å². The molecule has 0 amide bonds. The average molecular weight is 359 g/mol. The molecule has 4 heteroatoms. The summed E-state index contributed by atoms with van der Waals surface area (Å²) in [6, 6.07) is 8.86. The first-order chi connectivity index (χ1) is 9.02. The van der Waals surface area contributed by atoms with Gasteiger partial charge in [0.05, 0.1) is 0 Å². The van der Waals surface area contributed by atoms with E-state index in [2.05, 4.69) is 53.3 Å². The van der Waals surface area contributed by atoms with E-state index < -0.39 is 0 Å². The standard InChI is InChI=1S/C15H17BrClNS/c1-4-18-10(3)14-5-6-15(19-14)11-8-13(17)9(2)7-12(11)16/h5-8,10,18H,4H2,1-3H3. The van der Waals surface area contributed by atoms with Gasteiger partial charge in [-0.15, -0.1) is 11.3 Å². The van der Waals surface area contributed by atoms with E-state index in [1.165, 1.54) is 9.75 Å². The number of thiophene rings is 1. The van der Waals surface area contributed by atoms with Crippen LogP contribution in [-0.4, -0.2) is 6.54 Å². The molecule has 0 bridgehead atoms. The Morgan fingerprint density at radius 1 is 1.37 bits per heavy atom. The molecule has 0 saturated carbocycles. The van der Waals surface area contributed by atoms with E-state index >= 15 is 0 Å². The van der Waals surface area contributed by atoms with Crippen LogP contribution in [0.4, 0.5) is 0 Å². The lowest BCUT2D eigenvalue weighted by Gasteiger charge is -2.09. The van der Waals surface area contributed by atoms with E-state index in [0.29, 0.717) is 6.04 Å². The molecule has 0 aliphatic rings. The van der Waals surface area contributed by atoms with Crippen LogP contribution in [0.1, 0.15) is 30.3 Å². The van der Waals surface area contributed by atoms with Crippen molar-refractivity contribution in [3.63, 3.8) is 0 Å². The number of rotatable bonds is 4. The molecule has 1 aromatic heterocycles. The maximum Gasteiger partial charge on any atom is 0.0442 e. The van der Waals surface area contributed by atoms with Gasteiger partial charge in [0.2, 0.25) is 0 Å². The summed E-state index contributed by atoms with van der Waals surface area (Å²) in [6.45, 7) is 7.32. The average Bonchev–Trinajstić information content (AvgIpc) is 2.83. The van der Waals surface area contributed by atoms with Gasteiger partial charge in [0.1, 0.15) is 0 Å². The molecule has 1 heterocycles. The minimum absolute atomic E-state index is 0.392. The second-order valence-electron chi connectivity index (χ2n) is 4.56. The van der Waals surface area contributed by atoms with E-state index in [1.807, 2.05) is 24.3 Å². The van der Waals surface area contributed by atoms with Crippen molar-refractivity contribution in [1.82, 2.24) is 5.32 Å². The molecule has 1 atom stereocenters. The second-order valence-corrected chi connectivity index (χ2v) is 6.94. The Balaban J connectivity index is 2.35. The van der Waals surface area contributed by atoms with Gasteiger partial charge in [0, 0.05) is 30.9 Å². The molecule has 0 saturated heterocycles. The lowest BCUT2D eigenvalue weighted by Crippen LogP contribution is -2.16. The number of nitrogens with one attached hydrogen (secondary N) is 1. The van der Waals surface area contributed by atoms with Crippen LogP contribution in [0.25, 0.3) is 10.4 Å². The molecule has 102 valence electrons. The Bertz CT molecular complexity index is 580. The van der Waals surface area contributed by atoms with Crippen LogP contribution in [0.3, 0.4) is 0 Å². The smallest absolute Gasteiger partial charge is 0.0442 e. The van der Waals surface area contributed by atoms with E-state index in [0.717, 1.165) is 27.2 Å². The Kier molecular flexibility index (Phi) is 5.07. The van der Waals surface area contributed by atoms with Crippen molar-refractivity contribution in [2.45, 2.75) is 26.8 Å². The zero-order chi connectivity index (χ0) is 14.0. The van der Waals surface area contributed by atoms with Gasteiger partial charge in [-0.1, -0.05) is 34.5 Å². The normalized spacial score (nSPS) is 12.7. The molecule has 0 spiro atoms. The molecule has 0 aliphatic carbocycles. The van der Waals surface area contributed by atoms with E-state index in [9.17, 15) is 0 Å². The molecule has 2 aromatic rings. The van der Waals surface area contributed by atoms with Crippen molar-refractivity contribution in [3.05, 3.63) is 44.2 Å². The third kappa shape index (κ3) is 3.40. The molecule has 1 nitrogen and oxygen atoms in total. The lowest BCUT2D eigenvalue weighted by molar-refractivity contribution is 0.607. The molecule has 19 heavy (non-hydrogen) atoms. The summed E-state index contributed by atoms with van der Waals surface area (Å²) in [5.74, 6) is 0. The van der Waals surface area contributed by atoms with Gasteiger partial charge in [-0.05, 0) is 50.2 Å². The fourth-order valence-corrected chi connectivity index (χ4v) is 4.00. The first-order valence-electron chi connectivity index (χ1n) is 6.32. The van der Waals surface area contributed by atoms with Crippen LogP contribution in [0.15, 0.2) is 28.7 Å². The van der Waals surface area contributed by atoms with Crippen LogP contribution in [-0.2, 0) is 0 Å². The molecule has 1 aromatic carbocycles. The monoisotopic (exact) mass is 357 g/mol. The van der Waals surface area contributed by atoms with E-state index in [4.69, 9.17) is 11.6 Å². The maximum absolute atomic E-state index is 6.23. The Labute approximate surface area is 132 Å². The highest BCUT2D eigenvalue weighted by Gasteiger charge is 2.12. The summed E-state index contributed by atoms with van der Waals surface area (Å²) < 4.78 is 1.10. The van der Waals surface area contributed by atoms with Gasteiger partial charge in [-0.2, -0.15) is 0 Å². The zero-order valence-corrected chi connectivity index (χ0v) is 14.4. The molecule has 1 N–H and O–H groups in total. The van der Waals surface area contributed by atoms with Gasteiger partial charge >= 0.3 is 0 Å². The predicted octanol–water partition coefficient (Wildman–Crippen LogP) is 5.81. The van der Waals surface area contributed by atoms with Crippen molar-refractivity contribution < 1.29 is 0 Å². The van der Waals surface area contributed by atoms with Gasteiger partial charge in [-0.3, -0.25) is 0 Å². The minimum atomic E-state index is 0.392. The molecule has 0 radical (unpaired) electrons. The topological polar surface area (TPSA) is 12.0 Å². The van der Waals surface area contributed by atoms with Crippen molar-refractivity contribution in [3.8, 4) is 10.4 Å². The molecule has 0 fully saturated rings. The van der Waals surface area contributed by atoms with Crippen molar-refractivity contribution in [2.75, 3.05) is 6.54 Å². The first kappa shape index (κ1) is 15.0. The van der Waals surface area contributed by atoms with Gasteiger partial charge < -0.3 is 5.32 Å². The van der Waals surface area contributed by atoms with Gasteiger partial charge in [-0.25, -0.2) is 0 Å². The van der Waals surface area contributed by atoms with Crippen LogP contribution >= 0.6 is 38.9 Å². The van der Waals surface area contributed by atoms with Crippen LogP contribution in [0.5, 0.6) is 0 Å². The Hall–Kier alpha value is -0.350. The fourth-order valence-electron chi connectivity index (χ4n) is 1.97. The Morgan fingerprint density at radius 3 is 2.79 bits per heavy atom. The lowest BCUT2D eigenvalue weighted by atomic mass is 10.1. The molecule has 2 rings (SSSR count). The molecule has 1 unspecified atom stereocenters.